The summed E-state index contributed by atoms with van der Waals surface area (Å²) in [7, 11) is -1.94. The Labute approximate surface area is 136 Å². The van der Waals surface area contributed by atoms with Gasteiger partial charge in [-0.2, -0.15) is 4.72 Å². The third kappa shape index (κ3) is 3.91. The maximum absolute atomic E-state index is 12.4. The number of carbonyl (C=O) groups is 1. The fourth-order valence-electron chi connectivity index (χ4n) is 2.86. The quantitative estimate of drug-likeness (QED) is 0.789. The molecule has 8 nitrogen and oxygen atoms in total. The lowest BCUT2D eigenvalue weighted by Gasteiger charge is -2.33. The van der Waals surface area contributed by atoms with Crippen LogP contribution in [0.5, 0.6) is 0 Å². The minimum absolute atomic E-state index is 0.00559. The van der Waals surface area contributed by atoms with Crippen molar-refractivity contribution in [2.75, 3.05) is 20.1 Å². The van der Waals surface area contributed by atoms with E-state index in [1.165, 1.54) is 6.92 Å². The van der Waals surface area contributed by atoms with Gasteiger partial charge in [-0.05, 0) is 40.7 Å². The molecule has 0 bridgehead atoms. The van der Waals surface area contributed by atoms with Crippen molar-refractivity contribution < 1.29 is 17.7 Å². The number of likely N-dealkylation sites (tertiary alicyclic amines) is 1. The summed E-state index contributed by atoms with van der Waals surface area (Å²) in [6.45, 7) is 5.90. The third-order valence-corrected chi connectivity index (χ3v) is 5.94. The van der Waals surface area contributed by atoms with Crippen LogP contribution < -0.4 is 10.0 Å². The van der Waals surface area contributed by atoms with E-state index >= 15 is 0 Å². The van der Waals surface area contributed by atoms with Crippen LogP contribution in [0.4, 0.5) is 0 Å². The highest BCUT2D eigenvalue weighted by Gasteiger charge is 2.31. The Morgan fingerprint density at radius 2 is 1.96 bits per heavy atom. The Morgan fingerprint density at radius 1 is 1.35 bits per heavy atom. The van der Waals surface area contributed by atoms with Gasteiger partial charge >= 0.3 is 0 Å². The molecule has 130 valence electrons. The Morgan fingerprint density at radius 3 is 2.43 bits per heavy atom. The maximum atomic E-state index is 12.4. The number of carbonyl (C=O) groups excluding carboxylic acids is 1. The Hall–Kier alpha value is -1.45. The number of sulfonamides is 1. The van der Waals surface area contributed by atoms with Crippen LogP contribution in [0.3, 0.4) is 0 Å². The monoisotopic (exact) mass is 344 g/mol. The molecule has 1 aromatic heterocycles. The number of amides is 1. The van der Waals surface area contributed by atoms with Crippen LogP contribution in [0.15, 0.2) is 9.42 Å². The fourth-order valence-corrected chi connectivity index (χ4v) is 4.39. The molecule has 0 aromatic carbocycles. The predicted octanol–water partition coefficient (Wildman–Crippen LogP) is 0.169. The van der Waals surface area contributed by atoms with Crippen molar-refractivity contribution in [3.8, 4) is 0 Å². The standard InChI is InChI=1S/C14H24N4O4S/c1-9-13(11(3)22-16-9)23(20,21)17-10(2)14(19)18-7-5-12(15-4)6-8-18/h10,12,15,17H,5-8H2,1-4H3. The number of aromatic nitrogens is 1. The molecule has 0 saturated carbocycles. The van der Waals surface area contributed by atoms with Gasteiger partial charge in [0.2, 0.25) is 15.9 Å². The van der Waals surface area contributed by atoms with Crippen molar-refractivity contribution in [3.05, 3.63) is 11.5 Å². The molecule has 0 radical (unpaired) electrons. The SMILES string of the molecule is CNC1CCN(C(=O)C(C)NS(=O)(=O)c2c(C)noc2C)CC1. The molecule has 1 aromatic rings. The van der Waals surface area contributed by atoms with Gasteiger partial charge in [0.25, 0.3) is 0 Å². The summed E-state index contributed by atoms with van der Waals surface area (Å²) in [5.74, 6) is -0.000582. The van der Waals surface area contributed by atoms with E-state index < -0.39 is 16.1 Å². The lowest BCUT2D eigenvalue weighted by Crippen LogP contribution is -2.51. The number of hydrogen-bond acceptors (Lipinski definition) is 6. The lowest BCUT2D eigenvalue weighted by molar-refractivity contribution is -0.133. The highest BCUT2D eigenvalue weighted by Crippen LogP contribution is 2.19. The van der Waals surface area contributed by atoms with E-state index in [0.29, 0.717) is 19.1 Å². The molecule has 1 fully saturated rings. The van der Waals surface area contributed by atoms with Gasteiger partial charge in [0, 0.05) is 19.1 Å². The molecular formula is C14H24N4O4S. The molecule has 0 spiro atoms. The zero-order valence-electron chi connectivity index (χ0n) is 13.9. The summed E-state index contributed by atoms with van der Waals surface area (Å²) >= 11 is 0. The van der Waals surface area contributed by atoms with Crippen molar-refractivity contribution in [2.45, 2.75) is 50.6 Å². The Kier molecular flexibility index (Phi) is 5.43. The number of hydrogen-bond donors (Lipinski definition) is 2. The van der Waals surface area contributed by atoms with Crippen molar-refractivity contribution in [1.29, 1.82) is 0 Å². The summed E-state index contributed by atoms with van der Waals surface area (Å²) in [5.41, 5.74) is 0.282. The first-order chi connectivity index (χ1) is 10.8. The molecule has 9 heteroatoms. The zero-order chi connectivity index (χ0) is 17.2. The summed E-state index contributed by atoms with van der Waals surface area (Å²) in [5, 5.41) is 6.84. The maximum Gasteiger partial charge on any atom is 0.246 e. The number of nitrogens with zero attached hydrogens (tertiary/aromatic N) is 2. The van der Waals surface area contributed by atoms with Crippen LogP contribution in [0.1, 0.15) is 31.2 Å². The topological polar surface area (TPSA) is 105 Å². The molecule has 1 atom stereocenters. The second-order valence-corrected chi connectivity index (χ2v) is 7.54. The van der Waals surface area contributed by atoms with E-state index in [-0.39, 0.29) is 22.3 Å². The molecule has 1 saturated heterocycles. The lowest BCUT2D eigenvalue weighted by atomic mass is 10.0. The number of piperidine rings is 1. The second-order valence-electron chi connectivity index (χ2n) is 5.88. The smallest absolute Gasteiger partial charge is 0.246 e. The largest absolute Gasteiger partial charge is 0.360 e. The zero-order valence-corrected chi connectivity index (χ0v) is 14.7. The number of nitrogens with one attached hydrogen (secondary N) is 2. The van der Waals surface area contributed by atoms with E-state index in [1.54, 1.807) is 18.7 Å². The molecule has 1 unspecified atom stereocenters. The van der Waals surface area contributed by atoms with Crippen LogP contribution in [-0.4, -0.2) is 56.6 Å². The molecule has 1 amide bonds. The average molecular weight is 344 g/mol. The normalized spacial score (nSPS) is 18.2. The van der Waals surface area contributed by atoms with Gasteiger partial charge in [-0.1, -0.05) is 5.16 Å². The molecule has 2 heterocycles. The van der Waals surface area contributed by atoms with E-state index in [4.69, 9.17) is 4.52 Å². The fraction of sp³-hybridized carbons (Fsp3) is 0.714. The predicted molar refractivity (Wildman–Crippen MR) is 84.4 cm³/mol. The number of aryl methyl sites for hydroxylation is 2. The summed E-state index contributed by atoms with van der Waals surface area (Å²) in [4.78, 5) is 14.2. The van der Waals surface area contributed by atoms with Crippen LogP contribution in [0, 0.1) is 13.8 Å². The van der Waals surface area contributed by atoms with Gasteiger partial charge in [0.1, 0.15) is 10.6 Å². The van der Waals surface area contributed by atoms with E-state index in [0.717, 1.165) is 12.8 Å². The van der Waals surface area contributed by atoms with Crippen LogP contribution in [0.25, 0.3) is 0 Å². The van der Waals surface area contributed by atoms with Crippen molar-refractivity contribution in [2.24, 2.45) is 0 Å². The number of rotatable bonds is 5. The molecule has 1 aliphatic rings. The first-order valence-corrected chi connectivity index (χ1v) is 9.16. The highest BCUT2D eigenvalue weighted by atomic mass is 32.2. The third-order valence-electron chi connectivity index (χ3n) is 4.15. The second kappa shape index (κ2) is 6.98. The molecule has 0 aliphatic carbocycles. The first kappa shape index (κ1) is 17.9. The van der Waals surface area contributed by atoms with Crippen LogP contribution in [-0.2, 0) is 14.8 Å². The van der Waals surface area contributed by atoms with Gasteiger partial charge in [-0.3, -0.25) is 4.79 Å². The van der Waals surface area contributed by atoms with E-state index in [2.05, 4.69) is 15.2 Å². The van der Waals surface area contributed by atoms with Gasteiger partial charge < -0.3 is 14.7 Å². The van der Waals surface area contributed by atoms with E-state index in [1.807, 2.05) is 7.05 Å². The van der Waals surface area contributed by atoms with Crippen LogP contribution in [0.2, 0.25) is 0 Å². The minimum atomic E-state index is -3.84. The van der Waals surface area contributed by atoms with Crippen molar-refractivity contribution in [1.82, 2.24) is 20.1 Å². The van der Waals surface area contributed by atoms with Gasteiger partial charge in [0.15, 0.2) is 5.76 Å². The van der Waals surface area contributed by atoms with Gasteiger partial charge in [0.05, 0.1) is 6.04 Å². The Balaban J connectivity index is 2.04. The van der Waals surface area contributed by atoms with E-state index in [9.17, 15) is 13.2 Å². The molecular weight excluding hydrogens is 320 g/mol. The summed E-state index contributed by atoms with van der Waals surface area (Å²) < 4.78 is 32.2. The minimum Gasteiger partial charge on any atom is -0.360 e. The molecule has 1 aliphatic heterocycles. The first-order valence-electron chi connectivity index (χ1n) is 7.67. The molecule has 2 rings (SSSR count). The van der Waals surface area contributed by atoms with Crippen molar-refractivity contribution in [3.63, 3.8) is 0 Å². The average Bonchev–Trinajstić information content (AvgIpc) is 2.85. The molecule has 23 heavy (non-hydrogen) atoms. The molecule has 2 N–H and O–H groups in total. The van der Waals surface area contributed by atoms with Crippen molar-refractivity contribution >= 4 is 15.9 Å². The van der Waals surface area contributed by atoms with Gasteiger partial charge in [-0.15, -0.1) is 0 Å². The highest BCUT2D eigenvalue weighted by molar-refractivity contribution is 7.89. The Bertz CT molecular complexity index is 643. The van der Waals surface area contributed by atoms with Crippen LogP contribution >= 0.6 is 0 Å². The summed E-state index contributed by atoms with van der Waals surface area (Å²) in [6, 6.07) is -0.423. The van der Waals surface area contributed by atoms with Gasteiger partial charge in [-0.25, -0.2) is 8.42 Å². The summed E-state index contributed by atoms with van der Waals surface area (Å²) in [6.07, 6.45) is 1.73.